The van der Waals surface area contributed by atoms with Crippen molar-refractivity contribution in [3.05, 3.63) is 30.1 Å². The quantitative estimate of drug-likeness (QED) is 0.843. The highest BCUT2D eigenvalue weighted by Crippen LogP contribution is 2.31. The first kappa shape index (κ1) is 15.3. The molecule has 0 N–H and O–H groups in total. The van der Waals surface area contributed by atoms with Crippen molar-refractivity contribution < 1.29 is 14.3 Å². The molecule has 122 valence electrons. The number of ether oxygens (including phenoxy) is 2. The standard InChI is InChI=1S/C16H20N4O3/c1-3-4-7-19(2)16(21)13-11-20(18-17-13)12-5-6-14-15(10-12)23-9-8-22-14/h5-6,10-11H,3-4,7-9H2,1-2H3. The van der Waals surface area contributed by atoms with Crippen LogP contribution >= 0.6 is 0 Å². The number of unbranched alkanes of at least 4 members (excludes halogenated alkanes) is 1. The number of benzene rings is 1. The first-order valence-electron chi connectivity index (χ1n) is 7.77. The maximum absolute atomic E-state index is 12.3. The van der Waals surface area contributed by atoms with Gasteiger partial charge in [0.05, 0.1) is 11.9 Å². The van der Waals surface area contributed by atoms with Gasteiger partial charge in [-0.1, -0.05) is 18.6 Å². The summed E-state index contributed by atoms with van der Waals surface area (Å²) in [5.74, 6) is 1.27. The third kappa shape index (κ3) is 3.28. The van der Waals surface area contributed by atoms with E-state index in [0.717, 1.165) is 24.3 Å². The molecule has 0 fully saturated rings. The van der Waals surface area contributed by atoms with Gasteiger partial charge < -0.3 is 14.4 Å². The van der Waals surface area contributed by atoms with Crippen molar-refractivity contribution in [2.75, 3.05) is 26.8 Å². The number of nitrogens with zero attached hydrogens (tertiary/aromatic N) is 4. The van der Waals surface area contributed by atoms with Crippen LogP contribution in [0.5, 0.6) is 11.5 Å². The molecule has 23 heavy (non-hydrogen) atoms. The van der Waals surface area contributed by atoms with E-state index in [1.807, 2.05) is 18.2 Å². The molecular weight excluding hydrogens is 296 g/mol. The van der Waals surface area contributed by atoms with Gasteiger partial charge in [0.2, 0.25) is 0 Å². The molecule has 0 radical (unpaired) electrons. The molecule has 0 saturated carbocycles. The predicted octanol–water partition coefficient (Wildman–Crippen LogP) is 1.91. The number of rotatable bonds is 5. The number of carbonyl (C=O) groups excluding carboxylic acids is 1. The van der Waals surface area contributed by atoms with Gasteiger partial charge in [0, 0.05) is 19.7 Å². The molecule has 3 rings (SSSR count). The summed E-state index contributed by atoms with van der Waals surface area (Å²) in [7, 11) is 1.78. The zero-order valence-electron chi connectivity index (χ0n) is 13.4. The maximum atomic E-state index is 12.3. The Morgan fingerprint density at radius 1 is 1.30 bits per heavy atom. The summed E-state index contributed by atoms with van der Waals surface area (Å²) in [6.45, 7) is 3.89. The van der Waals surface area contributed by atoms with Crippen LogP contribution in [0, 0.1) is 0 Å². The van der Waals surface area contributed by atoms with Gasteiger partial charge in [0.1, 0.15) is 13.2 Å². The summed E-state index contributed by atoms with van der Waals surface area (Å²) in [6.07, 6.45) is 3.65. The maximum Gasteiger partial charge on any atom is 0.275 e. The molecule has 7 nitrogen and oxygen atoms in total. The Kier molecular flexibility index (Phi) is 4.45. The van der Waals surface area contributed by atoms with Crippen LogP contribution in [0.15, 0.2) is 24.4 Å². The number of carbonyl (C=O) groups is 1. The second kappa shape index (κ2) is 6.68. The van der Waals surface area contributed by atoms with Crippen LogP contribution in [-0.4, -0.2) is 52.6 Å². The van der Waals surface area contributed by atoms with Gasteiger partial charge in [-0.05, 0) is 18.6 Å². The summed E-state index contributed by atoms with van der Waals surface area (Å²) in [6, 6.07) is 5.52. The van der Waals surface area contributed by atoms with Crippen LogP contribution in [-0.2, 0) is 0 Å². The largest absolute Gasteiger partial charge is 0.486 e. The average Bonchev–Trinajstić information content (AvgIpc) is 3.08. The third-order valence-electron chi connectivity index (χ3n) is 3.70. The van der Waals surface area contributed by atoms with E-state index in [0.29, 0.717) is 31.2 Å². The van der Waals surface area contributed by atoms with E-state index in [4.69, 9.17) is 9.47 Å². The van der Waals surface area contributed by atoms with E-state index in [1.54, 1.807) is 22.8 Å². The molecule has 2 heterocycles. The molecule has 0 bridgehead atoms. The molecule has 1 aromatic carbocycles. The Hall–Kier alpha value is -2.57. The summed E-state index contributed by atoms with van der Waals surface area (Å²) in [4.78, 5) is 14.0. The monoisotopic (exact) mass is 316 g/mol. The molecule has 1 amide bonds. The van der Waals surface area contributed by atoms with Crippen LogP contribution in [0.3, 0.4) is 0 Å². The van der Waals surface area contributed by atoms with Crippen molar-refractivity contribution in [1.29, 1.82) is 0 Å². The molecule has 0 spiro atoms. The van der Waals surface area contributed by atoms with Crippen molar-refractivity contribution >= 4 is 5.91 Å². The smallest absolute Gasteiger partial charge is 0.275 e. The van der Waals surface area contributed by atoms with Crippen LogP contribution in [0.4, 0.5) is 0 Å². The van der Waals surface area contributed by atoms with Crippen molar-refractivity contribution in [1.82, 2.24) is 19.9 Å². The van der Waals surface area contributed by atoms with E-state index in [2.05, 4.69) is 17.2 Å². The Balaban J connectivity index is 1.77. The lowest BCUT2D eigenvalue weighted by atomic mass is 10.2. The zero-order valence-corrected chi connectivity index (χ0v) is 13.4. The van der Waals surface area contributed by atoms with Crippen molar-refractivity contribution in [3.8, 4) is 17.2 Å². The van der Waals surface area contributed by atoms with Crippen LogP contribution in [0.1, 0.15) is 30.3 Å². The lowest BCUT2D eigenvalue weighted by Crippen LogP contribution is -2.27. The highest BCUT2D eigenvalue weighted by molar-refractivity contribution is 5.91. The van der Waals surface area contributed by atoms with Gasteiger partial charge in [0.25, 0.3) is 5.91 Å². The van der Waals surface area contributed by atoms with E-state index in [-0.39, 0.29) is 5.91 Å². The fourth-order valence-corrected chi connectivity index (χ4v) is 2.35. The van der Waals surface area contributed by atoms with Gasteiger partial charge in [-0.2, -0.15) is 0 Å². The SMILES string of the molecule is CCCCN(C)C(=O)c1cn(-c2ccc3c(c2)OCCO3)nn1. The topological polar surface area (TPSA) is 69.5 Å². The first-order chi connectivity index (χ1) is 11.2. The fraction of sp³-hybridized carbons (Fsp3) is 0.438. The van der Waals surface area contributed by atoms with E-state index in [1.165, 1.54) is 0 Å². The molecule has 1 aliphatic rings. The van der Waals surface area contributed by atoms with Crippen molar-refractivity contribution in [2.24, 2.45) is 0 Å². The van der Waals surface area contributed by atoms with Crippen LogP contribution in [0.2, 0.25) is 0 Å². The summed E-state index contributed by atoms with van der Waals surface area (Å²) >= 11 is 0. The minimum absolute atomic E-state index is 0.123. The molecule has 0 saturated heterocycles. The molecule has 7 heteroatoms. The minimum Gasteiger partial charge on any atom is -0.486 e. The third-order valence-corrected chi connectivity index (χ3v) is 3.70. The lowest BCUT2D eigenvalue weighted by molar-refractivity contribution is 0.0787. The first-order valence-corrected chi connectivity index (χ1v) is 7.77. The molecule has 2 aromatic rings. The zero-order chi connectivity index (χ0) is 16.2. The molecule has 0 atom stereocenters. The summed E-state index contributed by atoms with van der Waals surface area (Å²) in [5.41, 5.74) is 1.11. The van der Waals surface area contributed by atoms with Crippen LogP contribution < -0.4 is 9.47 Å². The van der Waals surface area contributed by atoms with Gasteiger partial charge in [-0.15, -0.1) is 5.10 Å². The Morgan fingerprint density at radius 3 is 2.87 bits per heavy atom. The Bertz CT molecular complexity index is 698. The number of hydrogen-bond donors (Lipinski definition) is 0. The number of hydrogen-bond acceptors (Lipinski definition) is 5. The minimum atomic E-state index is -0.123. The van der Waals surface area contributed by atoms with E-state index >= 15 is 0 Å². The Morgan fingerprint density at radius 2 is 2.09 bits per heavy atom. The van der Waals surface area contributed by atoms with E-state index < -0.39 is 0 Å². The fourth-order valence-electron chi connectivity index (χ4n) is 2.35. The molecule has 1 aliphatic heterocycles. The van der Waals surface area contributed by atoms with E-state index in [9.17, 15) is 4.79 Å². The van der Waals surface area contributed by atoms with Gasteiger partial charge >= 0.3 is 0 Å². The predicted molar refractivity (Wildman–Crippen MR) is 84.2 cm³/mol. The lowest BCUT2D eigenvalue weighted by Gasteiger charge is -2.18. The van der Waals surface area contributed by atoms with Gasteiger partial charge in [-0.25, -0.2) is 4.68 Å². The Labute approximate surface area is 134 Å². The second-order valence-corrected chi connectivity index (χ2v) is 5.46. The number of fused-ring (bicyclic) bond motifs is 1. The molecule has 1 aromatic heterocycles. The molecule has 0 unspecified atom stereocenters. The molecular formula is C16H20N4O3. The van der Waals surface area contributed by atoms with Crippen molar-refractivity contribution in [3.63, 3.8) is 0 Å². The van der Waals surface area contributed by atoms with Crippen molar-refractivity contribution in [2.45, 2.75) is 19.8 Å². The second-order valence-electron chi connectivity index (χ2n) is 5.46. The van der Waals surface area contributed by atoms with Gasteiger partial charge in [-0.3, -0.25) is 4.79 Å². The normalized spacial score (nSPS) is 13.0. The summed E-state index contributed by atoms with van der Waals surface area (Å²) < 4.78 is 12.6. The number of aromatic nitrogens is 3. The van der Waals surface area contributed by atoms with Crippen LogP contribution in [0.25, 0.3) is 5.69 Å². The highest BCUT2D eigenvalue weighted by atomic mass is 16.6. The summed E-state index contributed by atoms with van der Waals surface area (Å²) in [5, 5.41) is 8.03. The van der Waals surface area contributed by atoms with Gasteiger partial charge in [0.15, 0.2) is 17.2 Å². The number of amides is 1. The highest BCUT2D eigenvalue weighted by Gasteiger charge is 2.17. The molecule has 0 aliphatic carbocycles. The average molecular weight is 316 g/mol.